The van der Waals surface area contributed by atoms with Crippen LogP contribution in [0.2, 0.25) is 10.0 Å². The second-order valence-electron chi connectivity index (χ2n) is 7.77. The summed E-state index contributed by atoms with van der Waals surface area (Å²) >= 11 is 12.9. The van der Waals surface area contributed by atoms with E-state index in [4.69, 9.17) is 32.5 Å². The van der Waals surface area contributed by atoms with Crippen LogP contribution in [-0.4, -0.2) is 23.8 Å². The van der Waals surface area contributed by atoms with Crippen molar-refractivity contribution in [2.45, 2.75) is 56.8 Å². The average Bonchev–Trinajstić information content (AvgIpc) is 3.42. The van der Waals surface area contributed by atoms with Crippen LogP contribution in [0.4, 0.5) is 0 Å². The lowest BCUT2D eigenvalue weighted by molar-refractivity contribution is -0.0488. The van der Waals surface area contributed by atoms with E-state index in [2.05, 4.69) is 10.5 Å². The fraction of sp³-hybridized carbons (Fsp3) is 0.550. The lowest BCUT2D eigenvalue weighted by Crippen LogP contribution is -2.52. The van der Waals surface area contributed by atoms with Gasteiger partial charge in [-0.1, -0.05) is 34.4 Å². The molecule has 2 aliphatic carbocycles. The topological polar surface area (TPSA) is 47.3 Å². The van der Waals surface area contributed by atoms with E-state index in [0.29, 0.717) is 40.6 Å². The Morgan fingerprint density at radius 1 is 1.15 bits per heavy atom. The van der Waals surface area contributed by atoms with E-state index in [1.807, 2.05) is 18.2 Å². The quantitative estimate of drug-likeness (QED) is 0.760. The molecule has 4 fully saturated rings. The zero-order valence-corrected chi connectivity index (χ0v) is 16.0. The third-order valence-corrected chi connectivity index (χ3v) is 6.64. The molecule has 3 heterocycles. The average molecular weight is 393 g/mol. The standard InChI is InChI=1S/C20H22Cl2N2O2/c21-15-2-1-3-16(22)18(15)19-14(20(26-24-19)11-4-5-11)10-25-17-8-13-7-6-12(17)9-23-13/h1-3,11-13,17,23H,4-10H2/t12-,13-,17-/m0/s1. The van der Waals surface area contributed by atoms with Crippen molar-refractivity contribution >= 4 is 23.2 Å². The summed E-state index contributed by atoms with van der Waals surface area (Å²) in [5.74, 6) is 2.02. The number of ether oxygens (including phenoxy) is 1. The molecule has 2 bridgehead atoms. The van der Waals surface area contributed by atoms with Gasteiger partial charge in [-0.25, -0.2) is 0 Å². The Kier molecular flexibility index (Phi) is 4.48. The predicted molar refractivity (Wildman–Crippen MR) is 102 cm³/mol. The molecule has 2 aromatic rings. The summed E-state index contributed by atoms with van der Waals surface area (Å²) in [5, 5.41) is 9.12. The Labute approximate surface area is 163 Å². The van der Waals surface area contributed by atoms with Crippen molar-refractivity contribution < 1.29 is 9.26 Å². The van der Waals surface area contributed by atoms with Crippen LogP contribution in [0.25, 0.3) is 11.3 Å². The van der Waals surface area contributed by atoms with E-state index < -0.39 is 0 Å². The first-order valence-electron chi connectivity index (χ1n) is 9.48. The molecular weight excluding hydrogens is 371 g/mol. The Morgan fingerprint density at radius 2 is 1.96 bits per heavy atom. The number of halogens is 2. The van der Waals surface area contributed by atoms with Crippen molar-refractivity contribution in [3.63, 3.8) is 0 Å². The number of hydrogen-bond donors (Lipinski definition) is 1. The summed E-state index contributed by atoms with van der Waals surface area (Å²) in [6.45, 7) is 1.58. The SMILES string of the molecule is Clc1cccc(Cl)c1-c1noc(C2CC2)c1CO[C@H]1C[C@@H]2CC[C@H]1CN2. The van der Waals surface area contributed by atoms with Crippen molar-refractivity contribution in [2.24, 2.45) is 5.92 Å². The molecule has 0 radical (unpaired) electrons. The molecule has 0 spiro atoms. The minimum atomic E-state index is 0.312. The monoisotopic (exact) mass is 392 g/mol. The minimum Gasteiger partial charge on any atom is -0.373 e. The zero-order chi connectivity index (χ0) is 17.7. The Bertz CT molecular complexity index is 790. The third kappa shape index (κ3) is 3.07. The summed E-state index contributed by atoms with van der Waals surface area (Å²) in [6, 6.07) is 6.13. The van der Waals surface area contributed by atoms with Gasteiger partial charge >= 0.3 is 0 Å². The van der Waals surface area contributed by atoms with Gasteiger partial charge in [0.05, 0.1) is 22.8 Å². The number of piperidine rings is 2. The normalized spacial score (nSPS) is 27.8. The highest BCUT2D eigenvalue weighted by molar-refractivity contribution is 6.39. The summed E-state index contributed by atoms with van der Waals surface area (Å²) in [7, 11) is 0. The number of hydrogen-bond acceptors (Lipinski definition) is 4. The maximum absolute atomic E-state index is 6.43. The lowest BCUT2D eigenvalue weighted by Gasteiger charge is -2.42. The Balaban J connectivity index is 1.44. The number of nitrogens with one attached hydrogen (secondary N) is 1. The molecule has 1 aromatic heterocycles. The highest BCUT2D eigenvalue weighted by atomic mass is 35.5. The molecule has 4 nitrogen and oxygen atoms in total. The molecule has 1 aromatic carbocycles. The van der Waals surface area contributed by atoms with Crippen molar-refractivity contribution in [3.8, 4) is 11.3 Å². The second kappa shape index (κ2) is 6.83. The van der Waals surface area contributed by atoms with Crippen molar-refractivity contribution in [3.05, 3.63) is 39.6 Å². The van der Waals surface area contributed by atoms with Crippen molar-refractivity contribution in [2.75, 3.05) is 6.54 Å². The van der Waals surface area contributed by atoms with Gasteiger partial charge in [0.15, 0.2) is 0 Å². The third-order valence-electron chi connectivity index (χ3n) is 6.01. The molecule has 6 rings (SSSR count). The van der Waals surface area contributed by atoms with E-state index in [-0.39, 0.29) is 0 Å². The van der Waals surface area contributed by atoms with Crippen LogP contribution >= 0.6 is 23.2 Å². The largest absolute Gasteiger partial charge is 0.373 e. The molecule has 26 heavy (non-hydrogen) atoms. The van der Waals surface area contributed by atoms with E-state index in [0.717, 1.165) is 48.4 Å². The number of fused-ring (bicyclic) bond motifs is 3. The number of benzene rings is 1. The summed E-state index contributed by atoms with van der Waals surface area (Å²) in [4.78, 5) is 0. The smallest absolute Gasteiger partial charge is 0.145 e. The number of nitrogens with zero attached hydrogens (tertiary/aromatic N) is 1. The molecule has 0 amide bonds. The fourth-order valence-corrected chi connectivity index (χ4v) is 4.95. The molecular formula is C20H22Cl2N2O2. The van der Waals surface area contributed by atoms with E-state index in [1.165, 1.54) is 12.8 Å². The summed E-state index contributed by atoms with van der Waals surface area (Å²) in [5.41, 5.74) is 2.51. The molecule has 138 valence electrons. The van der Waals surface area contributed by atoms with Gasteiger partial charge < -0.3 is 14.6 Å². The minimum absolute atomic E-state index is 0.312. The van der Waals surface area contributed by atoms with Gasteiger partial charge in [0, 0.05) is 29.6 Å². The van der Waals surface area contributed by atoms with E-state index in [1.54, 1.807) is 0 Å². The van der Waals surface area contributed by atoms with Gasteiger partial charge in [-0.3, -0.25) is 0 Å². The van der Waals surface area contributed by atoms with Gasteiger partial charge in [0.25, 0.3) is 0 Å². The molecule has 2 aliphatic heterocycles. The van der Waals surface area contributed by atoms with Gasteiger partial charge in [0.1, 0.15) is 11.5 Å². The molecule has 4 aliphatic rings. The van der Waals surface area contributed by atoms with Crippen LogP contribution in [0.1, 0.15) is 49.3 Å². The Morgan fingerprint density at radius 3 is 2.58 bits per heavy atom. The van der Waals surface area contributed by atoms with Crippen molar-refractivity contribution in [1.82, 2.24) is 10.5 Å². The van der Waals surface area contributed by atoms with Crippen LogP contribution in [0.15, 0.2) is 22.7 Å². The molecule has 1 N–H and O–H groups in total. The van der Waals surface area contributed by atoms with Crippen LogP contribution in [-0.2, 0) is 11.3 Å². The lowest BCUT2D eigenvalue weighted by atomic mass is 9.79. The first-order valence-corrected chi connectivity index (χ1v) is 10.2. The molecule has 0 unspecified atom stereocenters. The Hall–Kier alpha value is -1.07. The predicted octanol–water partition coefficient (Wildman–Crippen LogP) is 5.18. The highest BCUT2D eigenvalue weighted by Gasteiger charge is 2.38. The fourth-order valence-electron chi connectivity index (χ4n) is 4.37. The van der Waals surface area contributed by atoms with Crippen LogP contribution in [0, 0.1) is 5.92 Å². The number of aromatic nitrogens is 1. The van der Waals surface area contributed by atoms with Crippen LogP contribution in [0.5, 0.6) is 0 Å². The first kappa shape index (κ1) is 17.1. The molecule has 2 saturated heterocycles. The van der Waals surface area contributed by atoms with E-state index >= 15 is 0 Å². The molecule has 3 atom stereocenters. The van der Waals surface area contributed by atoms with Crippen molar-refractivity contribution in [1.29, 1.82) is 0 Å². The summed E-state index contributed by atoms with van der Waals surface area (Å²) in [6.07, 6.45) is 6.23. The maximum atomic E-state index is 6.43. The van der Waals surface area contributed by atoms with Crippen LogP contribution < -0.4 is 5.32 Å². The van der Waals surface area contributed by atoms with Gasteiger partial charge in [-0.2, -0.15) is 0 Å². The highest BCUT2D eigenvalue weighted by Crippen LogP contribution is 2.46. The summed E-state index contributed by atoms with van der Waals surface area (Å²) < 4.78 is 12.1. The van der Waals surface area contributed by atoms with E-state index in [9.17, 15) is 0 Å². The van der Waals surface area contributed by atoms with Gasteiger partial charge in [-0.15, -0.1) is 0 Å². The second-order valence-corrected chi connectivity index (χ2v) is 8.59. The first-order chi connectivity index (χ1) is 12.7. The molecule has 6 heteroatoms. The zero-order valence-electron chi connectivity index (χ0n) is 14.5. The van der Waals surface area contributed by atoms with Gasteiger partial charge in [0.2, 0.25) is 0 Å². The van der Waals surface area contributed by atoms with Gasteiger partial charge in [-0.05, 0) is 50.2 Å². The number of rotatable bonds is 5. The maximum Gasteiger partial charge on any atom is 0.145 e. The van der Waals surface area contributed by atoms with Crippen LogP contribution in [0.3, 0.4) is 0 Å². The molecule has 2 saturated carbocycles.